The highest BCUT2D eigenvalue weighted by atomic mass is 127. The van der Waals surface area contributed by atoms with Gasteiger partial charge in [-0.3, -0.25) is 0 Å². The Balaban J connectivity index is 3.08. The molecule has 0 aromatic heterocycles. The fourth-order valence-corrected chi connectivity index (χ4v) is 1.55. The Kier molecular flexibility index (Phi) is 4.61. The number of carbonyl (C=O) groups excluding carboxylic acids is 1. The quantitative estimate of drug-likeness (QED) is 0.613. The summed E-state index contributed by atoms with van der Waals surface area (Å²) in [5.74, 6) is -1.40. The van der Waals surface area contributed by atoms with Crippen molar-refractivity contribution >= 4 is 28.6 Å². The summed E-state index contributed by atoms with van der Waals surface area (Å²) in [4.78, 5) is 11.4. The van der Waals surface area contributed by atoms with Gasteiger partial charge in [0.25, 0.3) is 0 Å². The lowest BCUT2D eigenvalue weighted by atomic mass is 10.2. The zero-order chi connectivity index (χ0) is 13.1. The summed E-state index contributed by atoms with van der Waals surface area (Å²) in [6, 6.07) is 3.86. The summed E-state index contributed by atoms with van der Waals surface area (Å²) in [5, 5.41) is 0. The number of ether oxygens (including phenoxy) is 2. The van der Waals surface area contributed by atoms with Crippen molar-refractivity contribution in [3.63, 3.8) is 0 Å². The van der Waals surface area contributed by atoms with Gasteiger partial charge in [-0.1, -0.05) is 0 Å². The van der Waals surface area contributed by atoms with Crippen LogP contribution in [0.15, 0.2) is 18.2 Å². The van der Waals surface area contributed by atoms with Crippen LogP contribution in [0.1, 0.15) is 17.3 Å². The minimum Gasteiger partial charge on any atom is -0.462 e. The van der Waals surface area contributed by atoms with Crippen molar-refractivity contribution in [2.24, 2.45) is 0 Å². The molecule has 7 heteroatoms. The highest BCUT2D eigenvalue weighted by molar-refractivity contribution is 14.1. The average Bonchev–Trinajstić information content (AvgIpc) is 2.15. The lowest BCUT2D eigenvalue weighted by Gasteiger charge is -2.12. The molecule has 1 aromatic rings. The smallest absolute Gasteiger partial charge is 0.462 e. The van der Waals surface area contributed by atoms with Gasteiger partial charge in [0, 0.05) is 3.57 Å². The Bertz CT molecular complexity index is 418. The van der Waals surface area contributed by atoms with Crippen LogP contribution in [-0.2, 0) is 4.74 Å². The van der Waals surface area contributed by atoms with Gasteiger partial charge in [-0.05, 0) is 47.7 Å². The first-order chi connectivity index (χ1) is 7.83. The van der Waals surface area contributed by atoms with Crippen molar-refractivity contribution < 1.29 is 27.4 Å². The van der Waals surface area contributed by atoms with Crippen LogP contribution >= 0.6 is 22.6 Å². The molecule has 94 valence electrons. The molecule has 0 amide bonds. The van der Waals surface area contributed by atoms with Crippen molar-refractivity contribution in [2.45, 2.75) is 13.3 Å². The fourth-order valence-electron chi connectivity index (χ4n) is 1.08. The molecule has 3 nitrogen and oxygen atoms in total. The molecule has 0 fully saturated rings. The van der Waals surface area contributed by atoms with Crippen LogP contribution in [0.3, 0.4) is 0 Å². The maximum atomic E-state index is 12.1. The molecular formula is C10H8F3IO3. The maximum Gasteiger partial charge on any atom is 0.573 e. The number of hydrogen-bond acceptors (Lipinski definition) is 3. The van der Waals surface area contributed by atoms with Crippen molar-refractivity contribution in [3.8, 4) is 5.75 Å². The highest BCUT2D eigenvalue weighted by Gasteiger charge is 2.33. The van der Waals surface area contributed by atoms with Crippen molar-refractivity contribution in [1.82, 2.24) is 0 Å². The van der Waals surface area contributed by atoms with Crippen LogP contribution in [0.2, 0.25) is 0 Å². The first kappa shape index (κ1) is 14.1. The molecule has 0 atom stereocenters. The van der Waals surface area contributed by atoms with Crippen LogP contribution in [-0.4, -0.2) is 18.9 Å². The SMILES string of the molecule is CCOC(=O)c1ccc(I)cc1OC(F)(F)F. The van der Waals surface area contributed by atoms with E-state index in [0.717, 1.165) is 6.07 Å². The van der Waals surface area contributed by atoms with E-state index in [4.69, 9.17) is 0 Å². The van der Waals surface area contributed by atoms with Crippen LogP contribution in [0, 0.1) is 3.57 Å². The monoisotopic (exact) mass is 360 g/mol. The van der Waals surface area contributed by atoms with E-state index in [1.165, 1.54) is 12.1 Å². The molecule has 0 aliphatic rings. The molecule has 0 unspecified atom stereocenters. The third-order valence-electron chi connectivity index (χ3n) is 1.66. The Labute approximate surface area is 109 Å². The van der Waals surface area contributed by atoms with Gasteiger partial charge in [-0.2, -0.15) is 0 Å². The number of alkyl halides is 3. The third kappa shape index (κ3) is 4.41. The molecule has 0 saturated carbocycles. The van der Waals surface area contributed by atoms with E-state index in [0.29, 0.717) is 3.57 Å². The fraction of sp³-hybridized carbons (Fsp3) is 0.300. The van der Waals surface area contributed by atoms with Crippen LogP contribution < -0.4 is 4.74 Å². The number of esters is 1. The summed E-state index contributed by atoms with van der Waals surface area (Å²) in [7, 11) is 0. The van der Waals surface area contributed by atoms with Crippen LogP contribution in [0.4, 0.5) is 13.2 Å². The topological polar surface area (TPSA) is 35.5 Å². The number of hydrogen-bond donors (Lipinski definition) is 0. The second kappa shape index (κ2) is 5.56. The van der Waals surface area contributed by atoms with E-state index in [9.17, 15) is 18.0 Å². The van der Waals surface area contributed by atoms with Gasteiger partial charge in [0.05, 0.1) is 6.61 Å². The molecule has 0 heterocycles. The zero-order valence-corrected chi connectivity index (χ0v) is 10.8. The van der Waals surface area contributed by atoms with Gasteiger partial charge in [0.15, 0.2) is 0 Å². The second-order valence-corrected chi connectivity index (χ2v) is 4.15. The Morgan fingerprint density at radius 1 is 1.41 bits per heavy atom. The molecule has 0 saturated heterocycles. The maximum absolute atomic E-state index is 12.1. The molecule has 0 spiro atoms. The number of halogens is 4. The van der Waals surface area contributed by atoms with Gasteiger partial charge >= 0.3 is 12.3 Å². The number of rotatable bonds is 3. The lowest BCUT2D eigenvalue weighted by molar-refractivity contribution is -0.274. The van der Waals surface area contributed by atoms with E-state index < -0.39 is 18.1 Å². The molecule has 1 aromatic carbocycles. The minimum absolute atomic E-state index is 0.0796. The van der Waals surface area contributed by atoms with E-state index in [2.05, 4.69) is 9.47 Å². The lowest BCUT2D eigenvalue weighted by Crippen LogP contribution is -2.19. The normalized spacial score (nSPS) is 11.1. The van der Waals surface area contributed by atoms with Gasteiger partial charge in [-0.25, -0.2) is 4.79 Å². The predicted octanol–water partition coefficient (Wildman–Crippen LogP) is 3.37. The minimum atomic E-state index is -4.84. The predicted molar refractivity (Wildman–Crippen MR) is 61.8 cm³/mol. The van der Waals surface area contributed by atoms with Gasteiger partial charge in [0.1, 0.15) is 11.3 Å². The van der Waals surface area contributed by atoms with Crippen molar-refractivity contribution in [1.29, 1.82) is 0 Å². The van der Waals surface area contributed by atoms with E-state index >= 15 is 0 Å². The second-order valence-electron chi connectivity index (χ2n) is 2.91. The van der Waals surface area contributed by atoms with Gasteiger partial charge in [-0.15, -0.1) is 13.2 Å². The van der Waals surface area contributed by atoms with Crippen molar-refractivity contribution in [2.75, 3.05) is 6.61 Å². The van der Waals surface area contributed by atoms with E-state index in [-0.39, 0.29) is 12.2 Å². The van der Waals surface area contributed by atoms with Gasteiger partial charge < -0.3 is 9.47 Å². The summed E-state index contributed by atoms with van der Waals surface area (Å²) in [6.45, 7) is 1.64. The molecule has 0 bridgehead atoms. The number of carbonyl (C=O) groups is 1. The molecular weight excluding hydrogens is 352 g/mol. The number of benzene rings is 1. The standard InChI is InChI=1S/C10H8F3IO3/c1-2-16-9(15)7-4-3-6(14)5-8(7)17-10(11,12)13/h3-5H,2H2,1H3. The first-order valence-corrected chi connectivity index (χ1v) is 5.63. The van der Waals surface area contributed by atoms with E-state index in [1.54, 1.807) is 6.92 Å². The zero-order valence-electron chi connectivity index (χ0n) is 8.68. The van der Waals surface area contributed by atoms with Crippen LogP contribution in [0.5, 0.6) is 5.75 Å². The van der Waals surface area contributed by atoms with Crippen LogP contribution in [0.25, 0.3) is 0 Å². The first-order valence-electron chi connectivity index (χ1n) is 4.56. The largest absolute Gasteiger partial charge is 0.573 e. The van der Waals surface area contributed by atoms with Gasteiger partial charge in [0.2, 0.25) is 0 Å². The summed E-state index contributed by atoms with van der Waals surface area (Å²) < 4.78 is 45.3. The summed E-state index contributed by atoms with van der Waals surface area (Å²) >= 11 is 1.82. The Morgan fingerprint density at radius 2 is 2.06 bits per heavy atom. The molecule has 0 aliphatic heterocycles. The third-order valence-corrected chi connectivity index (χ3v) is 2.34. The average molecular weight is 360 g/mol. The highest BCUT2D eigenvalue weighted by Crippen LogP contribution is 2.28. The van der Waals surface area contributed by atoms with Crippen molar-refractivity contribution in [3.05, 3.63) is 27.3 Å². The molecule has 0 radical (unpaired) electrons. The Hall–Kier alpha value is -0.990. The summed E-state index contributed by atoms with van der Waals surface area (Å²) in [6.07, 6.45) is -4.84. The molecule has 0 N–H and O–H groups in total. The molecule has 17 heavy (non-hydrogen) atoms. The molecule has 1 rings (SSSR count). The Morgan fingerprint density at radius 3 is 2.59 bits per heavy atom. The summed E-state index contributed by atoms with van der Waals surface area (Å²) in [5.41, 5.74) is -0.246. The van der Waals surface area contributed by atoms with E-state index in [1.807, 2.05) is 22.6 Å². The molecule has 0 aliphatic carbocycles.